The number of hydrogen-bond donors (Lipinski definition) is 0. The summed E-state index contributed by atoms with van der Waals surface area (Å²) in [7, 11) is 0. The van der Waals surface area contributed by atoms with E-state index in [1.165, 1.54) is 43.6 Å². The molecular weight excluding hydrogens is 929 g/mol. The zero-order chi connectivity index (χ0) is 50.6. The van der Waals surface area contributed by atoms with Crippen LogP contribution in [0.1, 0.15) is 0 Å². The highest BCUT2D eigenvalue weighted by atomic mass is 15.2. The van der Waals surface area contributed by atoms with Gasteiger partial charge in [0.2, 0.25) is 0 Å². The van der Waals surface area contributed by atoms with E-state index in [4.69, 9.17) is 0 Å². The molecule has 0 bridgehead atoms. The molecule has 360 valence electrons. The van der Waals surface area contributed by atoms with Gasteiger partial charge in [0.15, 0.2) is 0 Å². The van der Waals surface area contributed by atoms with Gasteiger partial charge < -0.3 is 18.9 Å². The predicted octanol–water partition coefficient (Wildman–Crippen LogP) is 17.4. The average Bonchev–Trinajstić information content (AvgIpc) is 4.12. The van der Waals surface area contributed by atoms with Gasteiger partial charge in [-0.15, -0.1) is 0 Å². The minimum absolute atomic E-state index is 0.980. The molecule has 0 aliphatic carbocycles. The lowest BCUT2D eigenvalue weighted by Gasteiger charge is -2.26. The average molecular weight is 977 g/mol. The Bertz CT molecular complexity index is 3840. The van der Waals surface area contributed by atoms with Crippen LogP contribution in [0.5, 0.6) is 0 Å². The summed E-state index contributed by atoms with van der Waals surface area (Å²) >= 11 is 0. The summed E-state index contributed by atoms with van der Waals surface area (Å²) in [4.78, 5) is 23.0. The predicted molar refractivity (Wildman–Crippen MR) is 313 cm³/mol. The van der Waals surface area contributed by atoms with E-state index < -0.39 is 0 Å². The maximum Gasteiger partial charge on any atom is 0.0651 e. The van der Waals surface area contributed by atoms with Gasteiger partial charge in [-0.3, -0.25) is 19.9 Å². The van der Waals surface area contributed by atoms with Crippen molar-refractivity contribution in [1.29, 1.82) is 0 Å². The van der Waals surface area contributed by atoms with Gasteiger partial charge in [0.05, 0.1) is 69.6 Å². The minimum Gasteiger partial charge on any atom is -0.309 e. The Morgan fingerprint density at radius 1 is 0.224 bits per heavy atom. The van der Waals surface area contributed by atoms with Crippen molar-refractivity contribution in [1.82, 2.24) is 29.1 Å². The first-order valence-corrected chi connectivity index (χ1v) is 25.3. The van der Waals surface area contributed by atoms with Gasteiger partial charge in [-0.05, 0) is 97.1 Å². The largest absolute Gasteiger partial charge is 0.309 e. The summed E-state index contributed by atoms with van der Waals surface area (Å²) in [6.07, 6.45) is 15.3. The SMILES string of the molecule is c1ccc(N(c2ccccc2)c2cncc(-c3cncc(N(c4ccccc4)c4ccccc4)c3)c2)cc1.c1ccc2c(c1)c1ccccc1n2-c1cncc(-c2cncc(-n3c4ccccc4c4ccccc43)c2)c1. The Hall–Kier alpha value is -10.4. The summed E-state index contributed by atoms with van der Waals surface area (Å²) in [6.45, 7) is 0. The zero-order valence-corrected chi connectivity index (χ0v) is 41.3. The fourth-order valence-electron chi connectivity index (χ4n) is 10.4. The lowest BCUT2D eigenvalue weighted by Crippen LogP contribution is -2.11. The third-order valence-corrected chi connectivity index (χ3v) is 13.8. The fourth-order valence-corrected chi connectivity index (χ4v) is 10.4. The van der Waals surface area contributed by atoms with Crippen molar-refractivity contribution in [3.63, 3.8) is 0 Å². The molecule has 0 radical (unpaired) electrons. The second-order valence-corrected chi connectivity index (χ2v) is 18.5. The molecule has 0 aliphatic rings. The van der Waals surface area contributed by atoms with Crippen molar-refractivity contribution in [2.75, 3.05) is 9.80 Å². The molecule has 0 saturated carbocycles. The van der Waals surface area contributed by atoms with Gasteiger partial charge in [-0.1, -0.05) is 146 Å². The number of aromatic nitrogens is 6. The van der Waals surface area contributed by atoms with Crippen molar-refractivity contribution >= 4 is 77.7 Å². The Balaban J connectivity index is 0.000000146. The molecule has 0 unspecified atom stereocenters. The highest BCUT2D eigenvalue weighted by Crippen LogP contribution is 2.40. The highest BCUT2D eigenvalue weighted by Gasteiger charge is 2.18. The van der Waals surface area contributed by atoms with E-state index in [0.717, 1.165) is 67.8 Å². The second kappa shape index (κ2) is 20.2. The van der Waals surface area contributed by atoms with Crippen LogP contribution in [0.3, 0.4) is 0 Å². The maximum absolute atomic E-state index is 4.67. The van der Waals surface area contributed by atoms with Gasteiger partial charge in [0, 0.05) is 91.3 Å². The lowest BCUT2D eigenvalue weighted by atomic mass is 10.1. The summed E-state index contributed by atoms with van der Waals surface area (Å²) in [5.41, 5.74) is 17.0. The lowest BCUT2D eigenvalue weighted by molar-refractivity contribution is 1.13. The standard InChI is InChI=1S/C34H22N4.C34H26N4/c1-5-13-31-27(9-1)28-10-2-6-14-32(28)37(31)25-17-23(19-35-21-25)24-18-26(22-36-20-24)38-33-15-7-3-11-29(33)30-12-4-8-16-34(30)38;1-5-13-29(14-6-1)37(30-15-7-2-8-16-30)33-21-27(23-35-25-33)28-22-34(26-36-24-28)38(31-17-9-3-10-18-31)32-19-11-4-12-20-32/h1-22H;1-26H. The summed E-state index contributed by atoms with van der Waals surface area (Å²) in [6, 6.07) is 84.4. The van der Waals surface area contributed by atoms with Crippen LogP contribution in [0.4, 0.5) is 34.1 Å². The van der Waals surface area contributed by atoms with Crippen LogP contribution in [0, 0.1) is 0 Å². The molecule has 0 amide bonds. The van der Waals surface area contributed by atoms with Crippen LogP contribution >= 0.6 is 0 Å². The number of fused-ring (bicyclic) bond motifs is 6. The molecule has 0 spiro atoms. The molecule has 14 aromatic rings. The molecule has 0 atom stereocenters. The molecule has 0 N–H and O–H groups in total. The Morgan fingerprint density at radius 3 is 0.776 bits per heavy atom. The maximum atomic E-state index is 4.67. The third kappa shape index (κ3) is 8.65. The minimum atomic E-state index is 0.980. The van der Waals surface area contributed by atoms with Crippen molar-refractivity contribution in [2.45, 2.75) is 0 Å². The molecule has 76 heavy (non-hydrogen) atoms. The summed E-state index contributed by atoms with van der Waals surface area (Å²) in [5.74, 6) is 0. The Labute approximate surface area is 440 Å². The van der Waals surface area contributed by atoms with Crippen LogP contribution in [0.2, 0.25) is 0 Å². The quantitative estimate of drug-likeness (QED) is 0.136. The van der Waals surface area contributed by atoms with Crippen molar-refractivity contribution in [3.05, 3.63) is 292 Å². The van der Waals surface area contributed by atoms with Crippen molar-refractivity contribution in [3.8, 4) is 33.6 Å². The number of benzene rings is 8. The van der Waals surface area contributed by atoms with E-state index in [2.05, 4.69) is 257 Å². The number of para-hydroxylation sites is 8. The van der Waals surface area contributed by atoms with Gasteiger partial charge in [0.25, 0.3) is 0 Å². The Morgan fingerprint density at radius 2 is 0.474 bits per heavy atom. The van der Waals surface area contributed by atoms with Gasteiger partial charge in [-0.2, -0.15) is 0 Å². The van der Waals surface area contributed by atoms with E-state index in [9.17, 15) is 0 Å². The van der Waals surface area contributed by atoms with Gasteiger partial charge in [0.1, 0.15) is 0 Å². The fraction of sp³-hybridized carbons (Fsp3) is 0. The van der Waals surface area contributed by atoms with E-state index in [0.29, 0.717) is 0 Å². The first kappa shape index (κ1) is 45.4. The summed E-state index contributed by atoms with van der Waals surface area (Å²) in [5, 5.41) is 4.96. The number of pyridine rings is 4. The molecule has 0 saturated heterocycles. The number of hydrogen-bond acceptors (Lipinski definition) is 6. The molecule has 6 aromatic heterocycles. The third-order valence-electron chi connectivity index (χ3n) is 13.8. The number of rotatable bonds is 10. The van der Waals surface area contributed by atoms with Crippen LogP contribution in [-0.4, -0.2) is 29.1 Å². The molecular formula is C68H48N8. The molecule has 8 nitrogen and oxygen atoms in total. The normalized spacial score (nSPS) is 11.2. The highest BCUT2D eigenvalue weighted by molar-refractivity contribution is 6.10. The molecule has 8 aromatic carbocycles. The smallest absolute Gasteiger partial charge is 0.0651 e. The van der Waals surface area contributed by atoms with Gasteiger partial charge >= 0.3 is 0 Å². The molecule has 0 fully saturated rings. The molecule has 14 rings (SSSR count). The first-order chi connectivity index (χ1) is 37.7. The van der Waals surface area contributed by atoms with E-state index in [1.807, 2.05) is 73.8 Å². The Kier molecular flexibility index (Phi) is 12.1. The van der Waals surface area contributed by atoms with E-state index in [1.54, 1.807) is 0 Å². The topological polar surface area (TPSA) is 67.9 Å². The number of nitrogens with zero attached hydrogens (tertiary/aromatic N) is 8. The second-order valence-electron chi connectivity index (χ2n) is 18.5. The van der Waals surface area contributed by atoms with E-state index in [-0.39, 0.29) is 0 Å². The molecule has 8 heteroatoms. The zero-order valence-electron chi connectivity index (χ0n) is 41.3. The van der Waals surface area contributed by atoms with Crippen LogP contribution < -0.4 is 9.80 Å². The molecule has 6 heterocycles. The first-order valence-electron chi connectivity index (χ1n) is 25.3. The monoisotopic (exact) mass is 976 g/mol. The van der Waals surface area contributed by atoms with Crippen molar-refractivity contribution in [2.24, 2.45) is 0 Å². The van der Waals surface area contributed by atoms with E-state index >= 15 is 0 Å². The van der Waals surface area contributed by atoms with Crippen LogP contribution in [0.15, 0.2) is 292 Å². The molecule has 0 aliphatic heterocycles. The van der Waals surface area contributed by atoms with Crippen LogP contribution in [0.25, 0.3) is 77.2 Å². The van der Waals surface area contributed by atoms with Crippen molar-refractivity contribution < 1.29 is 0 Å². The van der Waals surface area contributed by atoms with Crippen LogP contribution in [-0.2, 0) is 0 Å². The number of anilines is 6. The summed E-state index contributed by atoms with van der Waals surface area (Å²) < 4.78 is 4.59. The van der Waals surface area contributed by atoms with Gasteiger partial charge in [-0.25, -0.2) is 0 Å².